The number of aromatic nitrogens is 1. The number of halogens is 1. The molecule has 0 unspecified atom stereocenters. The highest BCUT2D eigenvalue weighted by Gasteiger charge is 2.08. The maximum atomic E-state index is 5.77. The van der Waals surface area contributed by atoms with E-state index in [1.165, 1.54) is 0 Å². The van der Waals surface area contributed by atoms with E-state index in [4.69, 9.17) is 11.6 Å². The predicted octanol–water partition coefficient (Wildman–Crippen LogP) is 3.03. The van der Waals surface area contributed by atoms with Crippen molar-refractivity contribution in [1.82, 2.24) is 10.3 Å². The summed E-state index contributed by atoms with van der Waals surface area (Å²) in [4.78, 5) is 6.18. The number of anilines is 1. The molecule has 0 atom stereocenters. The molecule has 0 bridgehead atoms. The molecule has 0 fully saturated rings. The number of unbranched alkanes of at least 4 members (excludes halogenated alkanes) is 1. The first kappa shape index (κ1) is 12.8. The Labute approximate surface area is 102 Å². The first-order valence-corrected chi connectivity index (χ1v) is 5.82. The van der Waals surface area contributed by atoms with Gasteiger partial charge in [-0.05, 0) is 18.6 Å². The van der Waals surface area contributed by atoms with Crippen LogP contribution in [-0.2, 0) is 0 Å². The minimum Gasteiger partial charge on any atom is -0.375 e. The molecule has 0 saturated carbocycles. The average molecular weight is 240 g/mol. The van der Waals surface area contributed by atoms with Crippen molar-refractivity contribution in [2.24, 2.45) is 0 Å². The highest BCUT2D eigenvalue weighted by Crippen LogP contribution is 2.18. The van der Waals surface area contributed by atoms with Gasteiger partial charge in [0.05, 0.1) is 17.7 Å². The maximum absolute atomic E-state index is 5.77. The lowest BCUT2D eigenvalue weighted by Crippen LogP contribution is -2.30. The fraction of sp³-hybridized carbons (Fsp3) is 0.417. The monoisotopic (exact) mass is 239 g/mol. The largest absolute Gasteiger partial charge is 0.375 e. The van der Waals surface area contributed by atoms with E-state index >= 15 is 0 Å². The molecular weight excluding hydrogens is 222 g/mol. The zero-order chi connectivity index (χ0) is 12.0. The maximum Gasteiger partial charge on any atom is 0.129 e. The highest BCUT2D eigenvalue weighted by atomic mass is 35.5. The summed E-state index contributed by atoms with van der Waals surface area (Å²) in [5, 5.41) is 3.57. The van der Waals surface area contributed by atoms with Crippen molar-refractivity contribution in [2.75, 3.05) is 18.5 Å². The smallest absolute Gasteiger partial charge is 0.129 e. The van der Waals surface area contributed by atoms with Gasteiger partial charge in [0, 0.05) is 13.6 Å². The summed E-state index contributed by atoms with van der Waals surface area (Å²) in [6.45, 7) is 7.08. The molecule has 3 nitrogen and oxygen atoms in total. The summed E-state index contributed by atoms with van der Waals surface area (Å²) in [6, 6.07) is 3.74. The lowest BCUT2D eigenvalue weighted by Gasteiger charge is -2.26. The van der Waals surface area contributed by atoms with Gasteiger partial charge in [0.2, 0.25) is 0 Å². The van der Waals surface area contributed by atoms with Crippen LogP contribution in [0.3, 0.4) is 0 Å². The van der Waals surface area contributed by atoms with Crippen molar-refractivity contribution in [1.29, 1.82) is 0 Å². The Kier molecular flexibility index (Phi) is 5.12. The Morgan fingerprint density at radius 2 is 2.31 bits per heavy atom. The van der Waals surface area contributed by atoms with Crippen LogP contribution in [-0.4, -0.2) is 18.6 Å². The third-order valence-corrected chi connectivity index (χ3v) is 2.60. The van der Waals surface area contributed by atoms with Gasteiger partial charge in [-0.2, -0.15) is 0 Å². The molecule has 0 aromatic carbocycles. The molecule has 0 saturated heterocycles. The Balaban J connectivity index is 2.82. The molecule has 16 heavy (non-hydrogen) atoms. The number of nitrogens with one attached hydrogen (secondary N) is 1. The summed E-state index contributed by atoms with van der Waals surface area (Å²) in [5.74, 6) is 0.873. The molecule has 0 aliphatic carbocycles. The quantitative estimate of drug-likeness (QED) is 0.774. The highest BCUT2D eigenvalue weighted by molar-refractivity contribution is 6.29. The van der Waals surface area contributed by atoms with Gasteiger partial charge in [-0.1, -0.05) is 31.5 Å². The lowest BCUT2D eigenvalue weighted by molar-refractivity contribution is 0.738. The minimum atomic E-state index is 0.509. The van der Waals surface area contributed by atoms with Gasteiger partial charge in [0.1, 0.15) is 5.15 Å². The van der Waals surface area contributed by atoms with Crippen molar-refractivity contribution in [3.8, 4) is 0 Å². The number of hydrogen-bond acceptors (Lipinski definition) is 3. The molecule has 0 amide bonds. The molecule has 0 spiro atoms. The van der Waals surface area contributed by atoms with E-state index in [2.05, 4.69) is 28.7 Å². The van der Waals surface area contributed by atoms with Crippen LogP contribution in [0.4, 0.5) is 5.69 Å². The van der Waals surface area contributed by atoms with Crippen LogP contribution in [0.5, 0.6) is 0 Å². The second kappa shape index (κ2) is 6.38. The summed E-state index contributed by atoms with van der Waals surface area (Å²) in [7, 11) is 1.87. The summed E-state index contributed by atoms with van der Waals surface area (Å²) in [6.07, 6.45) is 4.03. The molecular formula is C12H18ClN3. The van der Waals surface area contributed by atoms with Gasteiger partial charge in [-0.15, -0.1) is 0 Å². The van der Waals surface area contributed by atoms with Crippen LogP contribution in [0.25, 0.3) is 0 Å². The third kappa shape index (κ3) is 3.42. The summed E-state index contributed by atoms with van der Waals surface area (Å²) >= 11 is 5.77. The Bertz CT molecular complexity index is 335. The van der Waals surface area contributed by atoms with Crippen LogP contribution in [0.2, 0.25) is 5.15 Å². The molecule has 4 heteroatoms. The van der Waals surface area contributed by atoms with E-state index in [-0.39, 0.29) is 0 Å². The van der Waals surface area contributed by atoms with E-state index in [0.717, 1.165) is 30.9 Å². The van der Waals surface area contributed by atoms with E-state index in [1.807, 2.05) is 13.1 Å². The standard InChI is InChI=1S/C12H18ClN3/c1-4-5-8-16(10(2)14-3)11-6-7-12(13)15-9-11/h6-7,9,14H,2,4-5,8H2,1,3H3. The summed E-state index contributed by atoms with van der Waals surface area (Å²) < 4.78 is 0. The number of rotatable bonds is 6. The third-order valence-electron chi connectivity index (χ3n) is 2.37. The molecule has 0 aliphatic heterocycles. The Morgan fingerprint density at radius 1 is 1.56 bits per heavy atom. The molecule has 1 heterocycles. The van der Waals surface area contributed by atoms with Gasteiger partial charge < -0.3 is 10.2 Å². The second-order valence-corrected chi connectivity index (χ2v) is 3.93. The Hall–Kier alpha value is -1.22. The van der Waals surface area contributed by atoms with Crippen LogP contribution in [0.1, 0.15) is 19.8 Å². The molecule has 0 aliphatic rings. The van der Waals surface area contributed by atoms with Crippen molar-refractivity contribution >= 4 is 17.3 Å². The molecule has 1 rings (SSSR count). The first-order chi connectivity index (χ1) is 7.69. The zero-order valence-corrected chi connectivity index (χ0v) is 10.6. The first-order valence-electron chi connectivity index (χ1n) is 5.44. The normalized spacial score (nSPS) is 9.94. The number of pyridine rings is 1. The number of nitrogens with zero attached hydrogens (tertiary/aromatic N) is 2. The number of hydrogen-bond donors (Lipinski definition) is 1. The fourth-order valence-corrected chi connectivity index (χ4v) is 1.51. The lowest BCUT2D eigenvalue weighted by atomic mass is 10.3. The molecule has 1 N–H and O–H groups in total. The van der Waals surface area contributed by atoms with E-state index in [1.54, 1.807) is 12.3 Å². The van der Waals surface area contributed by atoms with Gasteiger partial charge in [0.15, 0.2) is 0 Å². The van der Waals surface area contributed by atoms with Crippen LogP contribution in [0.15, 0.2) is 30.7 Å². The van der Waals surface area contributed by atoms with Gasteiger partial charge in [-0.3, -0.25) is 0 Å². The van der Waals surface area contributed by atoms with Gasteiger partial charge in [-0.25, -0.2) is 4.98 Å². The average Bonchev–Trinajstić information content (AvgIpc) is 2.31. The zero-order valence-electron chi connectivity index (χ0n) is 9.83. The molecule has 0 radical (unpaired) electrons. The van der Waals surface area contributed by atoms with Gasteiger partial charge >= 0.3 is 0 Å². The molecule has 1 aromatic rings. The summed E-state index contributed by atoms with van der Waals surface area (Å²) in [5.41, 5.74) is 1.01. The second-order valence-electron chi connectivity index (χ2n) is 3.54. The van der Waals surface area contributed by atoms with Crippen molar-refractivity contribution < 1.29 is 0 Å². The van der Waals surface area contributed by atoms with E-state index < -0.39 is 0 Å². The SMILES string of the molecule is C=C(NC)N(CCCC)c1ccc(Cl)nc1. The van der Waals surface area contributed by atoms with Crippen molar-refractivity contribution in [3.05, 3.63) is 35.9 Å². The minimum absolute atomic E-state index is 0.509. The topological polar surface area (TPSA) is 28.2 Å². The molecule has 88 valence electrons. The Morgan fingerprint density at radius 3 is 2.81 bits per heavy atom. The van der Waals surface area contributed by atoms with E-state index in [0.29, 0.717) is 5.15 Å². The van der Waals surface area contributed by atoms with Crippen molar-refractivity contribution in [2.45, 2.75) is 19.8 Å². The van der Waals surface area contributed by atoms with Gasteiger partial charge in [0.25, 0.3) is 0 Å². The van der Waals surface area contributed by atoms with E-state index in [9.17, 15) is 0 Å². The van der Waals surface area contributed by atoms with Crippen molar-refractivity contribution in [3.63, 3.8) is 0 Å². The fourth-order valence-electron chi connectivity index (χ4n) is 1.40. The molecule has 1 aromatic heterocycles. The van der Waals surface area contributed by atoms with Crippen LogP contribution >= 0.6 is 11.6 Å². The predicted molar refractivity (Wildman–Crippen MR) is 69.7 cm³/mol. The van der Waals surface area contributed by atoms with Crippen LogP contribution in [0, 0.1) is 0 Å². The van der Waals surface area contributed by atoms with Crippen LogP contribution < -0.4 is 10.2 Å².